The number of aryl methyl sites for hydroxylation is 2. The zero-order valence-electron chi connectivity index (χ0n) is 83.3. The van der Waals surface area contributed by atoms with Crippen LogP contribution in [-0.2, 0) is 0 Å². The molecule has 6 nitrogen and oxygen atoms in total. The van der Waals surface area contributed by atoms with E-state index >= 15 is 0 Å². The first-order valence-corrected chi connectivity index (χ1v) is 45.4. The summed E-state index contributed by atoms with van der Waals surface area (Å²) in [6, 6.07) is 150. The van der Waals surface area contributed by atoms with Crippen molar-refractivity contribution >= 4 is 131 Å². The molecule has 0 aliphatic rings. The summed E-state index contributed by atoms with van der Waals surface area (Å²) in [6.45, 7) is 4.29. The minimum Gasteiger partial charge on any atom is -0.309 e. The Balaban J connectivity index is 0.000000114. The van der Waals surface area contributed by atoms with Crippen molar-refractivity contribution in [3.8, 4) is 101 Å². The van der Waals surface area contributed by atoms with E-state index in [1.807, 2.05) is 65.2 Å². The van der Waals surface area contributed by atoms with E-state index in [4.69, 9.17) is 13.7 Å². The second kappa shape index (κ2) is 32.9. The number of aromatic nitrogens is 6. The summed E-state index contributed by atoms with van der Waals surface area (Å²) in [4.78, 5) is 0. The number of nitrogens with zero attached hydrogens (tertiary/aromatic N) is 6. The molecular formula is C128H88N6. The summed E-state index contributed by atoms with van der Waals surface area (Å²) >= 11 is 0. The zero-order chi connectivity index (χ0) is 97.6. The van der Waals surface area contributed by atoms with Gasteiger partial charge in [0.1, 0.15) is 0 Å². The molecule has 0 radical (unpaired) electrons. The maximum atomic E-state index is 8.80. The highest BCUT2D eigenvalue weighted by atomic mass is 15.0. The molecule has 0 spiro atoms. The van der Waals surface area contributed by atoms with Gasteiger partial charge in [-0.15, -0.1) is 0 Å². The molecule has 0 amide bonds. The van der Waals surface area contributed by atoms with E-state index in [9.17, 15) is 0 Å². The number of rotatable bonds is 12. The molecule has 0 bridgehead atoms. The van der Waals surface area contributed by atoms with Crippen LogP contribution in [0.15, 0.2) is 497 Å². The van der Waals surface area contributed by atoms with Crippen molar-refractivity contribution in [2.75, 3.05) is 0 Å². The lowest BCUT2D eigenvalue weighted by atomic mass is 9.95. The topological polar surface area (TPSA) is 29.6 Å². The van der Waals surface area contributed by atoms with Crippen LogP contribution in [0.2, 0.25) is 0 Å². The van der Waals surface area contributed by atoms with Gasteiger partial charge in [0, 0.05) is 104 Å². The summed E-state index contributed by atoms with van der Waals surface area (Å²) in [5, 5.41) is 14.2. The number of para-hydroxylation sites is 10. The predicted octanol–water partition coefficient (Wildman–Crippen LogP) is 34.3. The van der Waals surface area contributed by atoms with Gasteiger partial charge in [-0.2, -0.15) is 0 Å². The maximum Gasteiger partial charge on any atom is 0.0629 e. The van der Waals surface area contributed by atoms with Crippen molar-refractivity contribution in [3.63, 3.8) is 0 Å². The molecule has 6 aromatic heterocycles. The van der Waals surface area contributed by atoms with Crippen LogP contribution in [0.3, 0.4) is 0 Å². The zero-order valence-corrected chi connectivity index (χ0v) is 73.3. The van der Waals surface area contributed by atoms with E-state index in [1.165, 1.54) is 166 Å². The molecule has 0 saturated heterocycles. The Morgan fingerprint density at radius 2 is 0.433 bits per heavy atom. The average Bonchev–Trinajstić information content (AvgIpc) is 1.56. The first kappa shape index (κ1) is 68.5. The lowest BCUT2D eigenvalue weighted by Gasteiger charge is -2.19. The molecule has 0 atom stereocenters. The van der Waals surface area contributed by atoms with Gasteiger partial charge in [0.05, 0.1) is 91.3 Å². The molecule has 21 aromatic carbocycles. The third kappa shape index (κ3) is 13.4. The van der Waals surface area contributed by atoms with Gasteiger partial charge in [-0.1, -0.05) is 375 Å². The smallest absolute Gasteiger partial charge is 0.0629 e. The molecule has 27 rings (SSSR count). The van der Waals surface area contributed by atoms with Crippen LogP contribution in [0.5, 0.6) is 0 Å². The lowest BCUT2D eigenvalue weighted by molar-refractivity contribution is 1.17. The molecule has 134 heavy (non-hydrogen) atoms. The second-order valence-corrected chi connectivity index (χ2v) is 34.4. The van der Waals surface area contributed by atoms with Gasteiger partial charge >= 0.3 is 0 Å². The van der Waals surface area contributed by atoms with Gasteiger partial charge in [0.25, 0.3) is 0 Å². The van der Waals surface area contributed by atoms with E-state index in [2.05, 4.69) is 395 Å². The average molecular weight is 1720 g/mol. The molecule has 630 valence electrons. The molecular weight excluding hydrogens is 1620 g/mol. The molecule has 27 aromatic rings. The van der Waals surface area contributed by atoms with Gasteiger partial charge in [-0.3, -0.25) is 0 Å². The maximum absolute atomic E-state index is 8.80. The highest BCUT2D eigenvalue weighted by Crippen LogP contribution is 2.47. The van der Waals surface area contributed by atoms with E-state index in [0.29, 0.717) is 5.69 Å². The Labute approximate surface area is 790 Å². The SMILES string of the molecule is Cc1ccc(-c2ccc(-c3ccc(C)cc3)c(-n3c4ccccc4c4cc(-n5c6ccccc6c6ccccc65)ccc43)c2)cc1.[2H]c1c([2H])c([2H])c(-c2cc(-c3c([2H])c([2H])c([2H])c([2H])c3[2H])cc(-n3c4ccccc4c4cc(-n5c6ccccc6c6ccccc65)ccc43)c2)c([2H])c1[2H].c1ccc(-c2cccc(-c3ccccc3)c2-n2c3ccccc3c3cc(-n4c5ccccc5c5ccccc54)ccc32)cc1. The number of fused-ring (bicyclic) bond motifs is 18. The van der Waals surface area contributed by atoms with Crippen molar-refractivity contribution in [2.45, 2.75) is 13.8 Å². The Hall–Kier alpha value is -17.6. The summed E-state index contributed by atoms with van der Waals surface area (Å²) in [5.74, 6) is 0. The summed E-state index contributed by atoms with van der Waals surface area (Å²) in [7, 11) is 0. The van der Waals surface area contributed by atoms with Gasteiger partial charge in [-0.05, 0) is 197 Å². The van der Waals surface area contributed by atoms with E-state index in [0.717, 1.165) is 55.0 Å². The van der Waals surface area contributed by atoms with Crippen molar-refractivity contribution in [1.29, 1.82) is 0 Å². The molecule has 0 aliphatic heterocycles. The van der Waals surface area contributed by atoms with Gasteiger partial charge in [-0.25, -0.2) is 0 Å². The van der Waals surface area contributed by atoms with Crippen molar-refractivity contribution < 1.29 is 13.7 Å². The summed E-state index contributed by atoms with van der Waals surface area (Å²) in [5.41, 5.74) is 32.1. The van der Waals surface area contributed by atoms with Crippen LogP contribution < -0.4 is 0 Å². The lowest BCUT2D eigenvalue weighted by Crippen LogP contribution is -2.01. The normalized spacial score (nSPS) is 12.7. The van der Waals surface area contributed by atoms with Crippen molar-refractivity contribution in [2.24, 2.45) is 0 Å². The van der Waals surface area contributed by atoms with Gasteiger partial charge in [0.15, 0.2) is 0 Å². The van der Waals surface area contributed by atoms with Crippen LogP contribution in [0.1, 0.15) is 24.8 Å². The van der Waals surface area contributed by atoms with E-state index in [-0.39, 0.29) is 22.3 Å². The molecule has 6 heteroatoms. The van der Waals surface area contributed by atoms with E-state index in [1.54, 1.807) is 12.1 Å². The van der Waals surface area contributed by atoms with Crippen LogP contribution in [-0.4, -0.2) is 27.4 Å². The quantitative estimate of drug-likeness (QED) is 0.117. The monoisotopic (exact) mass is 1720 g/mol. The minimum atomic E-state index is -0.530. The van der Waals surface area contributed by atoms with Crippen LogP contribution >= 0.6 is 0 Å². The number of benzene rings is 21. The van der Waals surface area contributed by atoms with Crippen LogP contribution in [0.4, 0.5) is 0 Å². The summed E-state index contributed by atoms with van der Waals surface area (Å²) in [6.07, 6.45) is 0. The Kier molecular flexibility index (Phi) is 16.8. The summed E-state index contributed by atoms with van der Waals surface area (Å²) < 4.78 is 99.1. The van der Waals surface area contributed by atoms with E-state index < -0.39 is 60.4 Å². The number of hydrogen-bond donors (Lipinski definition) is 0. The minimum absolute atomic E-state index is 0.0640. The molecule has 0 unspecified atom stereocenters. The van der Waals surface area contributed by atoms with Gasteiger partial charge < -0.3 is 27.4 Å². The highest BCUT2D eigenvalue weighted by Gasteiger charge is 2.26. The Morgan fingerprint density at radius 3 is 0.799 bits per heavy atom. The molecule has 0 N–H and O–H groups in total. The Morgan fingerprint density at radius 1 is 0.157 bits per heavy atom. The fourth-order valence-electron chi connectivity index (χ4n) is 20.6. The fourth-order valence-corrected chi connectivity index (χ4v) is 20.6. The van der Waals surface area contributed by atoms with Crippen molar-refractivity contribution in [3.05, 3.63) is 508 Å². The molecule has 0 saturated carbocycles. The largest absolute Gasteiger partial charge is 0.309 e. The second-order valence-electron chi connectivity index (χ2n) is 34.4. The molecule has 0 aliphatic carbocycles. The predicted molar refractivity (Wildman–Crippen MR) is 567 cm³/mol. The first-order valence-electron chi connectivity index (χ1n) is 50.4. The first-order chi connectivity index (χ1) is 70.5. The van der Waals surface area contributed by atoms with Crippen LogP contribution in [0.25, 0.3) is 232 Å². The van der Waals surface area contributed by atoms with Crippen molar-refractivity contribution in [1.82, 2.24) is 27.4 Å². The third-order valence-corrected chi connectivity index (χ3v) is 26.7. The fraction of sp³-hybridized carbons (Fsp3) is 0.0156. The van der Waals surface area contributed by atoms with Crippen LogP contribution in [0, 0.1) is 13.8 Å². The van der Waals surface area contributed by atoms with Gasteiger partial charge in [0.2, 0.25) is 0 Å². The Bertz CT molecular complexity index is 9570. The molecule has 6 heterocycles. The third-order valence-electron chi connectivity index (χ3n) is 26.7. The highest BCUT2D eigenvalue weighted by molar-refractivity contribution is 6.17. The number of hydrogen-bond acceptors (Lipinski definition) is 0. The standard InChI is InChI=1S/C44H32N2.2C42H28N2/c1-29-15-19-31(20-16-29)33-23-25-35(32-21-17-30(2)18-22-32)44(27-33)46-42-14-8-5-11-38(42)39-28-34(24-26-43(39)46)45-40-12-6-3-9-36(40)37-10-4-7-13-41(37)45;1-3-14-29(15-4-1)32-21-13-22-33(30-16-5-2-6-17-30)42(32)44-40-25-12-9-20-36(40)37-28-31(26-27-41(37)44)43-38-23-10-7-18-34(38)35-19-8-11-24-39(35)43;1-3-13-29(14-4-1)31-25-32(30-15-5-2-6-16-30)27-34(26-31)44-41-22-12-9-19-37(41)38-28-33(23-24-42(38)44)43-39-20-10-7-17-35(39)36-18-8-11-21-40(36)43/h3-28H,1-2H3;2*1-28H/i;;1D,2D,3D,4D,5D,6D,13D,14D,15D,16D. The molecule has 0 fully saturated rings.